The van der Waals surface area contributed by atoms with Crippen molar-refractivity contribution >= 4 is 35.0 Å². The van der Waals surface area contributed by atoms with E-state index in [0.717, 1.165) is 10.5 Å². The standard InChI is InChI=1S/C18H18N2O5S/c1-12-6-3-4-9-16(12)26-11-17(21)25-13(2)18(22)19-14-7-5-8-15(10-14)20(23)24/h3-10,13H,11H2,1-2H3,(H,19,22). The summed E-state index contributed by atoms with van der Waals surface area (Å²) in [5.41, 5.74) is 1.19. The van der Waals surface area contributed by atoms with Crippen molar-refractivity contribution in [3.05, 3.63) is 64.2 Å². The van der Waals surface area contributed by atoms with Gasteiger partial charge in [0, 0.05) is 22.7 Å². The third-order valence-corrected chi connectivity index (χ3v) is 4.59. The lowest BCUT2D eigenvalue weighted by atomic mass is 10.2. The van der Waals surface area contributed by atoms with Crippen molar-refractivity contribution in [2.75, 3.05) is 11.1 Å². The molecule has 8 heteroatoms. The molecule has 0 saturated carbocycles. The molecule has 1 amide bonds. The van der Waals surface area contributed by atoms with Crippen molar-refractivity contribution in [2.24, 2.45) is 0 Å². The number of amides is 1. The average molecular weight is 374 g/mol. The summed E-state index contributed by atoms with van der Waals surface area (Å²) in [5, 5.41) is 13.3. The number of nitro groups is 1. The summed E-state index contributed by atoms with van der Waals surface area (Å²) in [6, 6.07) is 13.2. The largest absolute Gasteiger partial charge is 0.452 e. The number of thioether (sulfide) groups is 1. The van der Waals surface area contributed by atoms with Gasteiger partial charge in [-0.15, -0.1) is 11.8 Å². The Kier molecular flexibility index (Phi) is 6.74. The average Bonchev–Trinajstić information content (AvgIpc) is 2.61. The van der Waals surface area contributed by atoms with Gasteiger partial charge < -0.3 is 10.1 Å². The predicted molar refractivity (Wildman–Crippen MR) is 99.2 cm³/mol. The van der Waals surface area contributed by atoms with Gasteiger partial charge in [0.15, 0.2) is 6.10 Å². The molecular formula is C18H18N2O5S. The second-order valence-corrected chi connectivity index (χ2v) is 6.50. The van der Waals surface area contributed by atoms with Gasteiger partial charge in [0.1, 0.15) is 0 Å². The monoisotopic (exact) mass is 374 g/mol. The molecule has 0 aliphatic rings. The molecule has 0 aliphatic carbocycles. The van der Waals surface area contributed by atoms with Gasteiger partial charge in [-0.3, -0.25) is 19.7 Å². The Balaban J connectivity index is 1.86. The third-order valence-electron chi connectivity index (χ3n) is 3.44. The van der Waals surface area contributed by atoms with E-state index in [2.05, 4.69) is 5.32 Å². The van der Waals surface area contributed by atoms with Crippen LogP contribution in [0.1, 0.15) is 12.5 Å². The lowest BCUT2D eigenvalue weighted by Gasteiger charge is -2.13. The Morgan fingerprint density at radius 1 is 1.23 bits per heavy atom. The highest BCUT2D eigenvalue weighted by Gasteiger charge is 2.19. The third kappa shape index (κ3) is 5.59. The number of nitrogens with one attached hydrogen (secondary N) is 1. The number of benzene rings is 2. The molecule has 1 unspecified atom stereocenters. The van der Waals surface area contributed by atoms with Gasteiger partial charge in [-0.25, -0.2) is 0 Å². The highest BCUT2D eigenvalue weighted by Crippen LogP contribution is 2.22. The molecular weight excluding hydrogens is 356 g/mol. The smallest absolute Gasteiger partial charge is 0.317 e. The number of carbonyl (C=O) groups excluding carboxylic acids is 2. The van der Waals surface area contributed by atoms with E-state index in [0.29, 0.717) is 0 Å². The molecule has 0 spiro atoms. The second-order valence-electron chi connectivity index (χ2n) is 5.48. The maximum absolute atomic E-state index is 12.1. The van der Waals surface area contributed by atoms with Gasteiger partial charge in [0.2, 0.25) is 0 Å². The first-order chi connectivity index (χ1) is 12.4. The maximum atomic E-state index is 12.1. The number of nitro benzene ring substituents is 1. The summed E-state index contributed by atoms with van der Waals surface area (Å²) >= 11 is 1.34. The van der Waals surface area contributed by atoms with Crippen LogP contribution in [-0.4, -0.2) is 28.7 Å². The van der Waals surface area contributed by atoms with Gasteiger partial charge in [-0.05, 0) is 31.5 Å². The van der Waals surface area contributed by atoms with Crippen molar-refractivity contribution in [1.82, 2.24) is 0 Å². The minimum Gasteiger partial charge on any atom is -0.452 e. The fourth-order valence-corrected chi connectivity index (χ4v) is 2.89. The highest BCUT2D eigenvalue weighted by molar-refractivity contribution is 8.00. The molecule has 0 radical (unpaired) electrons. The Morgan fingerprint density at radius 2 is 1.96 bits per heavy atom. The van der Waals surface area contributed by atoms with Gasteiger partial charge >= 0.3 is 5.97 Å². The van der Waals surface area contributed by atoms with E-state index in [-0.39, 0.29) is 17.1 Å². The van der Waals surface area contributed by atoms with Crippen molar-refractivity contribution in [1.29, 1.82) is 0 Å². The lowest BCUT2D eigenvalue weighted by Crippen LogP contribution is -2.30. The molecule has 1 N–H and O–H groups in total. The highest BCUT2D eigenvalue weighted by atomic mass is 32.2. The van der Waals surface area contributed by atoms with Crippen LogP contribution in [0.4, 0.5) is 11.4 Å². The Labute approximate surface area is 154 Å². The normalized spacial score (nSPS) is 11.5. The van der Waals surface area contributed by atoms with E-state index in [1.165, 1.54) is 43.0 Å². The van der Waals surface area contributed by atoms with Crippen LogP contribution in [0.3, 0.4) is 0 Å². The zero-order valence-electron chi connectivity index (χ0n) is 14.3. The molecule has 0 heterocycles. The topological polar surface area (TPSA) is 98.5 Å². The van der Waals surface area contributed by atoms with E-state index in [4.69, 9.17) is 4.74 Å². The molecule has 2 rings (SSSR count). The number of hydrogen-bond donors (Lipinski definition) is 1. The van der Waals surface area contributed by atoms with E-state index < -0.39 is 22.9 Å². The zero-order chi connectivity index (χ0) is 19.1. The van der Waals surface area contributed by atoms with E-state index in [9.17, 15) is 19.7 Å². The summed E-state index contributed by atoms with van der Waals surface area (Å²) in [4.78, 5) is 35.2. The van der Waals surface area contributed by atoms with E-state index in [1.54, 1.807) is 0 Å². The zero-order valence-corrected chi connectivity index (χ0v) is 15.1. The molecule has 0 aromatic heterocycles. The first-order valence-electron chi connectivity index (χ1n) is 7.80. The number of ether oxygens (including phenoxy) is 1. The van der Waals surface area contributed by atoms with Crippen LogP contribution in [0.5, 0.6) is 0 Å². The van der Waals surface area contributed by atoms with Crippen molar-refractivity contribution in [2.45, 2.75) is 24.8 Å². The van der Waals surface area contributed by atoms with Gasteiger partial charge in [0.25, 0.3) is 11.6 Å². The van der Waals surface area contributed by atoms with Crippen molar-refractivity contribution < 1.29 is 19.2 Å². The fraction of sp³-hybridized carbons (Fsp3) is 0.222. The molecule has 1 atom stereocenters. The maximum Gasteiger partial charge on any atom is 0.317 e. The van der Waals surface area contributed by atoms with Crippen LogP contribution >= 0.6 is 11.8 Å². The molecule has 26 heavy (non-hydrogen) atoms. The minimum absolute atomic E-state index is 0.0826. The molecule has 136 valence electrons. The van der Waals surface area contributed by atoms with Crippen LogP contribution in [-0.2, 0) is 14.3 Å². The quantitative estimate of drug-likeness (QED) is 0.344. The molecule has 0 aliphatic heterocycles. The SMILES string of the molecule is Cc1ccccc1SCC(=O)OC(C)C(=O)Nc1cccc([N+](=O)[O-])c1. The Hall–Kier alpha value is -2.87. The first-order valence-corrected chi connectivity index (χ1v) is 8.78. The molecule has 2 aromatic carbocycles. The number of carbonyl (C=O) groups is 2. The van der Waals surface area contributed by atoms with Crippen LogP contribution in [0.15, 0.2) is 53.4 Å². The number of anilines is 1. The number of non-ortho nitro benzene ring substituents is 1. The van der Waals surface area contributed by atoms with Crippen molar-refractivity contribution in [3.63, 3.8) is 0 Å². The summed E-state index contributed by atoms with van der Waals surface area (Å²) in [6.07, 6.45) is -1.01. The van der Waals surface area contributed by atoms with E-state index in [1.807, 2.05) is 31.2 Å². The second kappa shape index (κ2) is 9.00. The number of nitrogens with zero attached hydrogens (tertiary/aromatic N) is 1. The van der Waals surface area contributed by atoms with E-state index >= 15 is 0 Å². The predicted octanol–water partition coefficient (Wildman–Crippen LogP) is 3.57. The number of hydrogen-bond acceptors (Lipinski definition) is 6. The van der Waals surface area contributed by atoms with Crippen molar-refractivity contribution in [3.8, 4) is 0 Å². The molecule has 7 nitrogen and oxygen atoms in total. The lowest BCUT2D eigenvalue weighted by molar-refractivity contribution is -0.384. The number of aryl methyl sites for hydroxylation is 1. The molecule has 2 aromatic rings. The summed E-state index contributed by atoms with van der Waals surface area (Å²) in [7, 11) is 0. The summed E-state index contributed by atoms with van der Waals surface area (Å²) in [5.74, 6) is -0.987. The summed E-state index contributed by atoms with van der Waals surface area (Å²) < 4.78 is 5.12. The van der Waals surface area contributed by atoms with Crippen LogP contribution in [0.2, 0.25) is 0 Å². The minimum atomic E-state index is -1.01. The molecule has 0 saturated heterocycles. The van der Waals surface area contributed by atoms with Gasteiger partial charge in [-0.2, -0.15) is 0 Å². The van der Waals surface area contributed by atoms with Crippen LogP contribution in [0.25, 0.3) is 0 Å². The fourth-order valence-electron chi connectivity index (χ4n) is 2.08. The van der Waals surface area contributed by atoms with Crippen LogP contribution < -0.4 is 5.32 Å². The van der Waals surface area contributed by atoms with Gasteiger partial charge in [0.05, 0.1) is 10.7 Å². The number of rotatable bonds is 7. The molecule has 0 bridgehead atoms. The Bertz CT molecular complexity index is 825. The number of esters is 1. The van der Waals surface area contributed by atoms with Gasteiger partial charge in [-0.1, -0.05) is 24.3 Å². The van der Waals surface area contributed by atoms with Crippen LogP contribution in [0, 0.1) is 17.0 Å². The Morgan fingerprint density at radius 3 is 2.65 bits per heavy atom. The first kappa shape index (κ1) is 19.5. The summed E-state index contributed by atoms with van der Waals surface area (Å²) in [6.45, 7) is 3.39. The molecule has 0 fully saturated rings.